The zero-order valence-corrected chi connectivity index (χ0v) is 35.9. The summed E-state index contributed by atoms with van der Waals surface area (Å²) in [6, 6.07) is 0.945. The summed E-state index contributed by atoms with van der Waals surface area (Å²) in [7, 11) is 6.68. The Morgan fingerprint density at radius 2 is 0.740 bits per heavy atom. The highest BCUT2D eigenvalue weighted by Gasteiger charge is 2.22. The standard InChI is InChI=1S/C46H95N3O/c1-8-10-12-14-16-18-20-22-24-26-28-30-32-34-36-39-44(3)48(43-46(50)47-41-38-42-49(5,6)7)45(4)40-37-35-33-31-29-27-25-23-21-19-17-15-13-11-9-2/h44-45H,8-43H2,1-7H3/p+1. The molecule has 1 N–H and O–H groups in total. The lowest BCUT2D eigenvalue weighted by atomic mass is 10.0. The van der Waals surface area contributed by atoms with Gasteiger partial charge in [0.1, 0.15) is 0 Å². The van der Waals surface area contributed by atoms with E-state index in [0.29, 0.717) is 18.6 Å². The van der Waals surface area contributed by atoms with Gasteiger partial charge < -0.3 is 9.80 Å². The molecule has 0 saturated heterocycles. The van der Waals surface area contributed by atoms with Crippen LogP contribution in [0.5, 0.6) is 0 Å². The van der Waals surface area contributed by atoms with E-state index in [4.69, 9.17) is 0 Å². The quantitative estimate of drug-likeness (QED) is 0.0508. The molecule has 0 aromatic heterocycles. The van der Waals surface area contributed by atoms with Gasteiger partial charge in [-0.25, -0.2) is 0 Å². The maximum absolute atomic E-state index is 13.1. The van der Waals surface area contributed by atoms with E-state index < -0.39 is 0 Å². The molecule has 4 nitrogen and oxygen atoms in total. The van der Waals surface area contributed by atoms with Crippen LogP contribution in [-0.2, 0) is 4.79 Å². The first kappa shape index (κ1) is 49.4. The second-order valence-electron chi connectivity index (χ2n) is 17.6. The normalized spacial score (nSPS) is 13.3. The maximum atomic E-state index is 13.1. The predicted octanol–water partition coefficient (Wildman–Crippen LogP) is 13.8. The van der Waals surface area contributed by atoms with Gasteiger partial charge in [0.2, 0.25) is 5.91 Å². The molecule has 2 atom stereocenters. The van der Waals surface area contributed by atoms with Gasteiger partial charge in [0.15, 0.2) is 0 Å². The largest absolute Gasteiger partial charge is 0.355 e. The summed E-state index contributed by atoms with van der Waals surface area (Å²) in [5.41, 5.74) is 0. The Morgan fingerprint density at radius 1 is 0.460 bits per heavy atom. The molecular formula is C46H96N3O+. The highest BCUT2D eigenvalue weighted by molar-refractivity contribution is 5.78. The van der Waals surface area contributed by atoms with Gasteiger partial charge in [-0.3, -0.25) is 9.69 Å². The molecule has 1 amide bonds. The Hall–Kier alpha value is -0.610. The molecule has 0 aliphatic heterocycles. The number of carbonyl (C=O) groups excluding carboxylic acids is 1. The highest BCUT2D eigenvalue weighted by Crippen LogP contribution is 2.20. The smallest absolute Gasteiger partial charge is 0.234 e. The fourth-order valence-corrected chi connectivity index (χ4v) is 7.70. The number of unbranched alkanes of at least 4 members (excludes halogenated alkanes) is 28. The van der Waals surface area contributed by atoms with Crippen LogP contribution in [0.4, 0.5) is 0 Å². The van der Waals surface area contributed by atoms with Gasteiger partial charge in [-0.1, -0.05) is 206 Å². The van der Waals surface area contributed by atoms with Crippen molar-refractivity contribution in [3.8, 4) is 0 Å². The molecule has 0 aliphatic carbocycles. The van der Waals surface area contributed by atoms with Gasteiger partial charge in [-0.05, 0) is 26.7 Å². The maximum Gasteiger partial charge on any atom is 0.234 e. The van der Waals surface area contributed by atoms with Crippen molar-refractivity contribution in [1.82, 2.24) is 10.2 Å². The molecule has 0 heterocycles. The number of hydrogen-bond donors (Lipinski definition) is 1. The number of hydrogen-bond acceptors (Lipinski definition) is 2. The average molecular weight is 707 g/mol. The molecule has 0 saturated carbocycles. The second-order valence-corrected chi connectivity index (χ2v) is 17.6. The first-order valence-corrected chi connectivity index (χ1v) is 23.0. The van der Waals surface area contributed by atoms with Crippen molar-refractivity contribution < 1.29 is 9.28 Å². The van der Waals surface area contributed by atoms with E-state index >= 15 is 0 Å². The SMILES string of the molecule is CCCCCCCCCCCCCCCCCC(C)N(CC(=O)NCCC[N+](C)(C)C)C(C)CCCCCCCCCCCCCCCCC. The molecule has 0 rings (SSSR count). The Balaban J connectivity index is 4.25. The summed E-state index contributed by atoms with van der Waals surface area (Å²) in [6.07, 6.45) is 45.9. The monoisotopic (exact) mass is 707 g/mol. The van der Waals surface area contributed by atoms with Crippen molar-refractivity contribution in [1.29, 1.82) is 0 Å². The van der Waals surface area contributed by atoms with Crippen LogP contribution in [0.25, 0.3) is 0 Å². The number of quaternary nitrogens is 1. The van der Waals surface area contributed by atoms with Gasteiger partial charge in [0, 0.05) is 25.0 Å². The van der Waals surface area contributed by atoms with Gasteiger partial charge in [0.05, 0.1) is 34.2 Å². The van der Waals surface area contributed by atoms with Crippen LogP contribution in [0.2, 0.25) is 0 Å². The van der Waals surface area contributed by atoms with Crippen molar-refractivity contribution in [2.24, 2.45) is 0 Å². The zero-order chi connectivity index (χ0) is 37.0. The minimum atomic E-state index is 0.220. The topological polar surface area (TPSA) is 32.3 Å². The molecule has 300 valence electrons. The number of nitrogens with one attached hydrogen (secondary N) is 1. The molecule has 0 aromatic rings. The van der Waals surface area contributed by atoms with Crippen molar-refractivity contribution >= 4 is 5.91 Å². The van der Waals surface area contributed by atoms with E-state index in [2.05, 4.69) is 59.1 Å². The Morgan fingerprint density at radius 3 is 1.02 bits per heavy atom. The number of carbonyl (C=O) groups is 1. The number of rotatable bonds is 40. The molecule has 0 fully saturated rings. The number of amides is 1. The Kier molecular flexibility index (Phi) is 36.3. The molecule has 50 heavy (non-hydrogen) atoms. The zero-order valence-electron chi connectivity index (χ0n) is 35.9. The van der Waals surface area contributed by atoms with E-state index in [-0.39, 0.29) is 5.91 Å². The fraction of sp³-hybridized carbons (Fsp3) is 0.978. The van der Waals surface area contributed by atoms with Crippen LogP contribution >= 0.6 is 0 Å². The summed E-state index contributed by atoms with van der Waals surface area (Å²) in [6.45, 7) is 11.8. The molecule has 0 aliphatic rings. The van der Waals surface area contributed by atoms with Crippen LogP contribution in [0.15, 0.2) is 0 Å². The number of nitrogens with zero attached hydrogens (tertiary/aromatic N) is 2. The summed E-state index contributed by atoms with van der Waals surface area (Å²) in [5.74, 6) is 0.220. The van der Waals surface area contributed by atoms with E-state index in [1.165, 1.54) is 205 Å². The molecule has 0 bridgehead atoms. The molecule has 0 radical (unpaired) electrons. The fourth-order valence-electron chi connectivity index (χ4n) is 7.70. The van der Waals surface area contributed by atoms with Crippen molar-refractivity contribution in [3.05, 3.63) is 0 Å². The van der Waals surface area contributed by atoms with Crippen molar-refractivity contribution in [3.63, 3.8) is 0 Å². The lowest BCUT2D eigenvalue weighted by molar-refractivity contribution is -0.870. The predicted molar refractivity (Wildman–Crippen MR) is 225 cm³/mol. The van der Waals surface area contributed by atoms with E-state index in [1.54, 1.807) is 0 Å². The van der Waals surface area contributed by atoms with E-state index in [0.717, 1.165) is 24.0 Å². The van der Waals surface area contributed by atoms with Crippen LogP contribution < -0.4 is 5.32 Å². The van der Waals surface area contributed by atoms with Gasteiger partial charge in [-0.2, -0.15) is 0 Å². The summed E-state index contributed by atoms with van der Waals surface area (Å²) in [4.78, 5) is 15.6. The van der Waals surface area contributed by atoms with Crippen LogP contribution in [-0.4, -0.2) is 68.2 Å². The van der Waals surface area contributed by atoms with Crippen LogP contribution in [0, 0.1) is 0 Å². The third-order valence-electron chi connectivity index (χ3n) is 11.2. The van der Waals surface area contributed by atoms with Crippen molar-refractivity contribution in [2.75, 3.05) is 40.8 Å². The lowest BCUT2D eigenvalue weighted by Gasteiger charge is -2.34. The minimum Gasteiger partial charge on any atom is -0.355 e. The third kappa shape index (κ3) is 35.8. The molecule has 4 heteroatoms. The molecule has 2 unspecified atom stereocenters. The average Bonchev–Trinajstić information content (AvgIpc) is 3.08. The van der Waals surface area contributed by atoms with E-state index in [1.807, 2.05) is 0 Å². The Labute approximate surface area is 317 Å². The second kappa shape index (κ2) is 36.7. The third-order valence-corrected chi connectivity index (χ3v) is 11.2. The summed E-state index contributed by atoms with van der Waals surface area (Å²) in [5, 5.41) is 3.25. The van der Waals surface area contributed by atoms with Crippen LogP contribution in [0.3, 0.4) is 0 Å². The van der Waals surface area contributed by atoms with Gasteiger partial charge in [0.25, 0.3) is 0 Å². The first-order valence-electron chi connectivity index (χ1n) is 23.0. The van der Waals surface area contributed by atoms with Gasteiger partial charge in [-0.15, -0.1) is 0 Å². The van der Waals surface area contributed by atoms with Gasteiger partial charge >= 0.3 is 0 Å². The molecule has 0 spiro atoms. The highest BCUT2D eigenvalue weighted by atomic mass is 16.2. The minimum absolute atomic E-state index is 0.220. The van der Waals surface area contributed by atoms with Crippen LogP contribution in [0.1, 0.15) is 240 Å². The lowest BCUT2D eigenvalue weighted by Crippen LogP contribution is -2.47. The first-order chi connectivity index (χ1) is 24.2. The van der Waals surface area contributed by atoms with E-state index in [9.17, 15) is 4.79 Å². The molecular weight excluding hydrogens is 611 g/mol. The Bertz CT molecular complexity index is 649. The van der Waals surface area contributed by atoms with Crippen molar-refractivity contribution in [2.45, 2.75) is 252 Å². The molecule has 0 aromatic carbocycles. The summed E-state index contributed by atoms with van der Waals surface area (Å²) >= 11 is 0. The summed E-state index contributed by atoms with van der Waals surface area (Å²) < 4.78 is 0.953.